The molecule has 0 aromatic heterocycles. The van der Waals surface area contributed by atoms with E-state index >= 15 is 0 Å². The van der Waals surface area contributed by atoms with Crippen LogP contribution in [0, 0.1) is 22.2 Å². The topological polar surface area (TPSA) is 23.8 Å². The summed E-state index contributed by atoms with van der Waals surface area (Å²) in [6, 6.07) is 10.3. The van der Waals surface area contributed by atoms with Gasteiger partial charge in [-0.25, -0.2) is 0 Å². The average Bonchev–Trinajstić information content (AvgIpc) is 2.23. The minimum atomic E-state index is 0.210. The van der Waals surface area contributed by atoms with Crippen molar-refractivity contribution >= 4 is 0 Å². The molecule has 0 radical (unpaired) electrons. The Morgan fingerprint density at radius 1 is 1.11 bits per heavy atom. The molecule has 0 aliphatic rings. The van der Waals surface area contributed by atoms with Gasteiger partial charge in [-0.2, -0.15) is 5.26 Å². The molecule has 1 aromatic rings. The van der Waals surface area contributed by atoms with Gasteiger partial charge >= 0.3 is 0 Å². The predicted molar refractivity (Wildman–Crippen MR) is 77.4 cm³/mol. The summed E-state index contributed by atoms with van der Waals surface area (Å²) < 4.78 is 0. The Balaban J connectivity index is 3.15. The lowest BCUT2D eigenvalue weighted by Crippen LogP contribution is -2.23. The Morgan fingerprint density at radius 3 is 2.17 bits per heavy atom. The van der Waals surface area contributed by atoms with Crippen molar-refractivity contribution in [2.24, 2.45) is 10.8 Å². The van der Waals surface area contributed by atoms with E-state index < -0.39 is 0 Å². The van der Waals surface area contributed by atoms with Gasteiger partial charge in [0.1, 0.15) is 0 Å². The molecular weight excluding hydrogens is 218 g/mol. The summed E-state index contributed by atoms with van der Waals surface area (Å²) in [6.07, 6.45) is 1.13. The lowest BCUT2D eigenvalue weighted by atomic mass is 9.69. The first-order chi connectivity index (χ1) is 8.13. The van der Waals surface area contributed by atoms with E-state index in [1.807, 2.05) is 18.2 Å². The Bertz CT molecular complexity index is 438. The van der Waals surface area contributed by atoms with Crippen LogP contribution in [0.3, 0.4) is 0 Å². The maximum Gasteiger partial charge on any atom is 0.0991 e. The maximum absolute atomic E-state index is 9.03. The van der Waals surface area contributed by atoms with Gasteiger partial charge in [-0.3, -0.25) is 0 Å². The standard InChI is InChI=1S/C17H25N/c1-16(2,3)11-15(17(4,5)6)14-9-7-8-13(10-14)12-18/h7-10,15H,11H2,1-6H3. The molecule has 1 heteroatoms. The lowest BCUT2D eigenvalue weighted by molar-refractivity contribution is 0.229. The molecular formula is C17H25N. The third kappa shape index (κ3) is 4.18. The van der Waals surface area contributed by atoms with Crippen molar-refractivity contribution in [1.82, 2.24) is 0 Å². The lowest BCUT2D eigenvalue weighted by Gasteiger charge is -2.36. The van der Waals surface area contributed by atoms with Crippen molar-refractivity contribution in [2.45, 2.75) is 53.9 Å². The second-order valence-electron chi connectivity index (χ2n) is 7.42. The largest absolute Gasteiger partial charge is 0.192 e. The van der Waals surface area contributed by atoms with E-state index in [4.69, 9.17) is 5.26 Å². The van der Waals surface area contributed by atoms with Crippen molar-refractivity contribution < 1.29 is 0 Å². The molecule has 0 saturated heterocycles. The third-order valence-corrected chi connectivity index (χ3v) is 3.28. The number of nitrogens with zero attached hydrogens (tertiary/aromatic N) is 1. The molecule has 98 valence electrons. The van der Waals surface area contributed by atoms with Gasteiger partial charge in [0.2, 0.25) is 0 Å². The predicted octanol–water partition coefficient (Wildman–Crippen LogP) is 5.12. The molecule has 0 aliphatic carbocycles. The van der Waals surface area contributed by atoms with Gasteiger partial charge in [0.15, 0.2) is 0 Å². The van der Waals surface area contributed by atoms with Crippen LogP contribution in [-0.2, 0) is 0 Å². The second kappa shape index (κ2) is 5.14. The van der Waals surface area contributed by atoms with Crippen LogP contribution >= 0.6 is 0 Å². The Hall–Kier alpha value is -1.29. The summed E-state index contributed by atoms with van der Waals surface area (Å²) in [5.74, 6) is 0.478. The molecule has 0 amide bonds. The highest BCUT2D eigenvalue weighted by molar-refractivity contribution is 5.35. The normalized spacial score (nSPS) is 14.1. The fourth-order valence-corrected chi connectivity index (χ4v) is 2.36. The summed E-state index contributed by atoms with van der Waals surface area (Å²) in [5, 5.41) is 9.03. The van der Waals surface area contributed by atoms with Gasteiger partial charge in [-0.15, -0.1) is 0 Å². The summed E-state index contributed by atoms with van der Waals surface area (Å²) in [7, 11) is 0. The van der Waals surface area contributed by atoms with E-state index in [0.29, 0.717) is 11.3 Å². The first kappa shape index (κ1) is 14.8. The Labute approximate surface area is 112 Å². The summed E-state index contributed by atoms with van der Waals surface area (Å²) in [4.78, 5) is 0. The van der Waals surface area contributed by atoms with E-state index in [2.05, 4.69) is 53.7 Å². The van der Waals surface area contributed by atoms with Crippen molar-refractivity contribution in [2.75, 3.05) is 0 Å². The number of hydrogen-bond acceptors (Lipinski definition) is 1. The zero-order valence-electron chi connectivity index (χ0n) is 12.5. The molecule has 0 aliphatic heterocycles. The van der Waals surface area contributed by atoms with Crippen LogP contribution in [0.4, 0.5) is 0 Å². The van der Waals surface area contributed by atoms with Gasteiger partial charge in [-0.1, -0.05) is 53.7 Å². The summed E-state index contributed by atoms with van der Waals surface area (Å²) >= 11 is 0. The zero-order valence-corrected chi connectivity index (χ0v) is 12.5. The summed E-state index contributed by atoms with van der Waals surface area (Å²) in [6.45, 7) is 13.7. The molecule has 1 aromatic carbocycles. The molecule has 0 fully saturated rings. The fourth-order valence-electron chi connectivity index (χ4n) is 2.36. The van der Waals surface area contributed by atoms with Gasteiger partial charge in [0.25, 0.3) is 0 Å². The molecule has 1 atom stereocenters. The third-order valence-electron chi connectivity index (χ3n) is 3.28. The van der Waals surface area contributed by atoms with E-state index in [-0.39, 0.29) is 5.41 Å². The van der Waals surface area contributed by atoms with Gasteiger partial charge in [0, 0.05) is 0 Å². The molecule has 0 saturated carbocycles. The molecule has 0 spiro atoms. The van der Waals surface area contributed by atoms with Gasteiger partial charge in [-0.05, 0) is 40.9 Å². The van der Waals surface area contributed by atoms with Gasteiger partial charge < -0.3 is 0 Å². The van der Waals surface area contributed by atoms with Crippen molar-refractivity contribution in [3.8, 4) is 6.07 Å². The van der Waals surface area contributed by atoms with Crippen LogP contribution in [0.2, 0.25) is 0 Å². The van der Waals surface area contributed by atoms with E-state index in [1.54, 1.807) is 0 Å². The molecule has 0 N–H and O–H groups in total. The SMILES string of the molecule is CC(C)(C)CC(c1cccc(C#N)c1)C(C)(C)C. The average molecular weight is 243 g/mol. The quantitative estimate of drug-likeness (QED) is 0.707. The smallest absolute Gasteiger partial charge is 0.0991 e. The second-order valence-corrected chi connectivity index (χ2v) is 7.42. The number of nitriles is 1. The van der Waals surface area contributed by atoms with Crippen LogP contribution in [0.25, 0.3) is 0 Å². The van der Waals surface area contributed by atoms with E-state index in [9.17, 15) is 0 Å². The number of benzene rings is 1. The fraction of sp³-hybridized carbons (Fsp3) is 0.588. The minimum Gasteiger partial charge on any atom is -0.192 e. The van der Waals surface area contributed by atoms with Crippen LogP contribution in [0.1, 0.15) is 65.0 Å². The molecule has 0 heterocycles. The highest BCUT2D eigenvalue weighted by Gasteiger charge is 2.30. The molecule has 0 bridgehead atoms. The minimum absolute atomic E-state index is 0.210. The van der Waals surface area contributed by atoms with Crippen LogP contribution in [0.5, 0.6) is 0 Å². The summed E-state index contributed by atoms with van der Waals surface area (Å²) in [5.41, 5.74) is 2.55. The van der Waals surface area contributed by atoms with Crippen LogP contribution in [0.15, 0.2) is 24.3 Å². The first-order valence-electron chi connectivity index (χ1n) is 6.63. The first-order valence-corrected chi connectivity index (χ1v) is 6.63. The maximum atomic E-state index is 9.03. The Kier molecular flexibility index (Phi) is 4.22. The molecule has 1 nitrogen and oxygen atoms in total. The molecule has 1 unspecified atom stereocenters. The molecule has 18 heavy (non-hydrogen) atoms. The molecule has 1 rings (SSSR count). The monoisotopic (exact) mass is 243 g/mol. The highest BCUT2D eigenvalue weighted by atomic mass is 14.3. The van der Waals surface area contributed by atoms with Crippen molar-refractivity contribution in [3.05, 3.63) is 35.4 Å². The van der Waals surface area contributed by atoms with Crippen LogP contribution < -0.4 is 0 Å². The van der Waals surface area contributed by atoms with Crippen molar-refractivity contribution in [3.63, 3.8) is 0 Å². The number of hydrogen-bond donors (Lipinski definition) is 0. The van der Waals surface area contributed by atoms with E-state index in [0.717, 1.165) is 12.0 Å². The Morgan fingerprint density at radius 2 is 1.72 bits per heavy atom. The number of rotatable bonds is 2. The highest BCUT2D eigenvalue weighted by Crippen LogP contribution is 2.43. The zero-order chi connectivity index (χ0) is 14.0. The van der Waals surface area contributed by atoms with E-state index in [1.165, 1.54) is 5.56 Å². The van der Waals surface area contributed by atoms with Crippen molar-refractivity contribution in [1.29, 1.82) is 5.26 Å². The van der Waals surface area contributed by atoms with Crippen LogP contribution in [-0.4, -0.2) is 0 Å². The van der Waals surface area contributed by atoms with Gasteiger partial charge in [0.05, 0.1) is 11.6 Å².